The number of hydrogen-bond donors (Lipinski definition) is 0. The predicted octanol–water partition coefficient (Wildman–Crippen LogP) is 5.70. The molecule has 0 aromatic heterocycles. The van der Waals surface area contributed by atoms with Crippen LogP contribution in [0.15, 0.2) is 0 Å². The molecule has 1 saturated heterocycles. The normalized spacial score (nSPS) is 34.6. The zero-order chi connectivity index (χ0) is 16.6. The molecular formula is C20H41N. The first-order chi connectivity index (χ1) is 9.37. The van der Waals surface area contributed by atoms with Crippen molar-refractivity contribution in [1.29, 1.82) is 0 Å². The molecule has 3 unspecified atom stereocenters. The largest absolute Gasteiger partial charge is 0.300 e. The summed E-state index contributed by atoms with van der Waals surface area (Å²) in [6, 6.07) is 0.640. The maximum atomic E-state index is 2.73. The third-order valence-electron chi connectivity index (χ3n) is 6.08. The Hall–Kier alpha value is -0.0400. The van der Waals surface area contributed by atoms with Crippen LogP contribution in [0.2, 0.25) is 0 Å². The number of nitrogens with zero attached hydrogens (tertiary/aromatic N) is 1. The fourth-order valence-corrected chi connectivity index (χ4v) is 4.96. The van der Waals surface area contributed by atoms with Gasteiger partial charge in [0.15, 0.2) is 0 Å². The van der Waals surface area contributed by atoms with Gasteiger partial charge in [0.1, 0.15) is 0 Å². The molecular weight excluding hydrogens is 254 g/mol. The molecule has 1 fully saturated rings. The van der Waals surface area contributed by atoms with Crippen LogP contribution in [0.5, 0.6) is 0 Å². The summed E-state index contributed by atoms with van der Waals surface area (Å²) in [4.78, 5) is 2.73. The zero-order valence-electron chi connectivity index (χ0n) is 16.5. The van der Waals surface area contributed by atoms with E-state index in [1.165, 1.54) is 19.5 Å². The van der Waals surface area contributed by atoms with E-state index in [0.29, 0.717) is 16.9 Å². The molecule has 0 spiro atoms. The Morgan fingerprint density at radius 3 is 1.86 bits per heavy atom. The second-order valence-corrected chi connectivity index (χ2v) is 9.94. The molecule has 1 aliphatic rings. The molecule has 0 aliphatic carbocycles. The summed E-state index contributed by atoms with van der Waals surface area (Å²) in [5, 5.41) is 0. The van der Waals surface area contributed by atoms with Crippen LogP contribution in [0.1, 0.15) is 75.7 Å². The molecule has 0 aromatic rings. The van der Waals surface area contributed by atoms with E-state index in [1.807, 2.05) is 0 Å². The van der Waals surface area contributed by atoms with Gasteiger partial charge in [0.2, 0.25) is 0 Å². The van der Waals surface area contributed by atoms with Crippen molar-refractivity contribution in [2.45, 2.75) is 81.7 Å². The molecule has 0 N–H and O–H groups in total. The first-order valence-electron chi connectivity index (χ1n) is 9.11. The highest BCUT2D eigenvalue weighted by Crippen LogP contribution is 2.45. The van der Waals surface area contributed by atoms with Crippen LogP contribution in [0.3, 0.4) is 0 Å². The molecule has 1 nitrogen and oxygen atoms in total. The summed E-state index contributed by atoms with van der Waals surface area (Å²) < 4.78 is 0. The standard InChI is InChI=1S/C20H41N/c1-14(2)18-16(5)11-19(7,8)12-21(15(3)4)13-20(9,10)17(18)6/h14-18H,11-13H2,1-10H3. The summed E-state index contributed by atoms with van der Waals surface area (Å²) >= 11 is 0. The molecule has 126 valence electrons. The van der Waals surface area contributed by atoms with Crippen molar-refractivity contribution >= 4 is 0 Å². The topological polar surface area (TPSA) is 3.24 Å². The van der Waals surface area contributed by atoms with Crippen LogP contribution in [-0.4, -0.2) is 24.0 Å². The maximum absolute atomic E-state index is 2.73. The molecule has 0 amide bonds. The lowest BCUT2D eigenvalue weighted by molar-refractivity contribution is 0.0495. The minimum absolute atomic E-state index is 0.383. The Kier molecular flexibility index (Phi) is 5.98. The Morgan fingerprint density at radius 1 is 0.905 bits per heavy atom. The van der Waals surface area contributed by atoms with Gasteiger partial charge in [-0.3, -0.25) is 4.90 Å². The molecule has 1 heterocycles. The lowest BCUT2D eigenvalue weighted by Gasteiger charge is -2.44. The van der Waals surface area contributed by atoms with Gasteiger partial charge in [-0.25, -0.2) is 0 Å². The van der Waals surface area contributed by atoms with Gasteiger partial charge in [0.05, 0.1) is 0 Å². The van der Waals surface area contributed by atoms with E-state index in [9.17, 15) is 0 Å². The third kappa shape index (κ3) is 4.71. The van der Waals surface area contributed by atoms with Gasteiger partial charge in [-0.1, -0.05) is 55.4 Å². The van der Waals surface area contributed by atoms with Crippen molar-refractivity contribution < 1.29 is 0 Å². The van der Waals surface area contributed by atoms with Crippen molar-refractivity contribution in [2.24, 2.45) is 34.5 Å². The van der Waals surface area contributed by atoms with E-state index in [-0.39, 0.29) is 0 Å². The first kappa shape index (κ1) is 19.0. The molecule has 1 rings (SSSR count). The average Bonchev–Trinajstić information content (AvgIpc) is 2.26. The van der Waals surface area contributed by atoms with E-state index in [1.54, 1.807) is 0 Å². The van der Waals surface area contributed by atoms with Crippen LogP contribution in [0.25, 0.3) is 0 Å². The van der Waals surface area contributed by atoms with Gasteiger partial charge >= 0.3 is 0 Å². The Balaban J connectivity index is 3.20. The zero-order valence-corrected chi connectivity index (χ0v) is 16.5. The van der Waals surface area contributed by atoms with E-state index >= 15 is 0 Å². The van der Waals surface area contributed by atoms with Crippen molar-refractivity contribution in [3.05, 3.63) is 0 Å². The molecule has 0 saturated carbocycles. The molecule has 0 bridgehead atoms. The average molecular weight is 296 g/mol. The fourth-order valence-electron chi connectivity index (χ4n) is 4.96. The third-order valence-corrected chi connectivity index (χ3v) is 6.08. The van der Waals surface area contributed by atoms with Crippen LogP contribution >= 0.6 is 0 Å². The van der Waals surface area contributed by atoms with Gasteiger partial charge in [-0.15, -0.1) is 0 Å². The van der Waals surface area contributed by atoms with Crippen LogP contribution in [-0.2, 0) is 0 Å². The predicted molar refractivity (Wildman–Crippen MR) is 95.5 cm³/mol. The summed E-state index contributed by atoms with van der Waals surface area (Å²) in [6.07, 6.45) is 1.35. The lowest BCUT2D eigenvalue weighted by Crippen LogP contribution is -2.45. The van der Waals surface area contributed by atoms with E-state index < -0.39 is 0 Å². The van der Waals surface area contributed by atoms with Gasteiger partial charge in [-0.05, 0) is 54.8 Å². The molecule has 0 radical (unpaired) electrons. The SMILES string of the molecule is CC(C)C1C(C)CC(C)(C)CN(C(C)C)CC(C)(C)C1C. The van der Waals surface area contributed by atoms with E-state index in [2.05, 4.69) is 74.1 Å². The van der Waals surface area contributed by atoms with Crippen LogP contribution in [0.4, 0.5) is 0 Å². The van der Waals surface area contributed by atoms with Gasteiger partial charge < -0.3 is 0 Å². The van der Waals surface area contributed by atoms with Crippen LogP contribution < -0.4 is 0 Å². The molecule has 21 heavy (non-hydrogen) atoms. The van der Waals surface area contributed by atoms with E-state index in [0.717, 1.165) is 23.7 Å². The lowest BCUT2D eigenvalue weighted by atomic mass is 9.63. The summed E-state index contributed by atoms with van der Waals surface area (Å²) in [5.41, 5.74) is 0.796. The molecule has 1 aliphatic heterocycles. The molecule has 0 aromatic carbocycles. The molecule has 1 heteroatoms. The second kappa shape index (κ2) is 6.60. The van der Waals surface area contributed by atoms with Crippen molar-refractivity contribution in [3.63, 3.8) is 0 Å². The minimum atomic E-state index is 0.383. The van der Waals surface area contributed by atoms with Gasteiger partial charge in [-0.2, -0.15) is 0 Å². The summed E-state index contributed by atoms with van der Waals surface area (Å²) in [5.74, 6) is 3.17. The Labute approximate surface area is 134 Å². The first-order valence-corrected chi connectivity index (χ1v) is 9.11. The highest BCUT2D eigenvalue weighted by Gasteiger charge is 2.41. The summed E-state index contributed by atoms with van der Waals surface area (Å²) in [6.45, 7) is 27.0. The minimum Gasteiger partial charge on any atom is -0.300 e. The smallest absolute Gasteiger partial charge is 0.00390 e. The maximum Gasteiger partial charge on any atom is 0.00390 e. The quantitative estimate of drug-likeness (QED) is 0.632. The fraction of sp³-hybridized carbons (Fsp3) is 1.00. The van der Waals surface area contributed by atoms with Crippen molar-refractivity contribution in [1.82, 2.24) is 4.90 Å². The van der Waals surface area contributed by atoms with Crippen molar-refractivity contribution in [3.8, 4) is 0 Å². The van der Waals surface area contributed by atoms with Crippen LogP contribution in [0, 0.1) is 34.5 Å². The highest BCUT2D eigenvalue weighted by atomic mass is 15.2. The number of rotatable bonds is 2. The van der Waals surface area contributed by atoms with Crippen molar-refractivity contribution in [2.75, 3.05) is 13.1 Å². The Bertz CT molecular complexity index is 327. The highest BCUT2D eigenvalue weighted by molar-refractivity contribution is 4.92. The van der Waals surface area contributed by atoms with E-state index in [4.69, 9.17) is 0 Å². The number of hydrogen-bond acceptors (Lipinski definition) is 1. The summed E-state index contributed by atoms with van der Waals surface area (Å²) in [7, 11) is 0. The molecule has 3 atom stereocenters. The van der Waals surface area contributed by atoms with Gasteiger partial charge in [0.25, 0.3) is 0 Å². The second-order valence-electron chi connectivity index (χ2n) is 9.94. The monoisotopic (exact) mass is 295 g/mol. The van der Waals surface area contributed by atoms with Gasteiger partial charge in [0, 0.05) is 19.1 Å². The Morgan fingerprint density at radius 2 is 1.43 bits per heavy atom.